The molecule has 0 radical (unpaired) electrons. The van der Waals surface area contributed by atoms with Crippen LogP contribution in [0, 0.1) is 5.41 Å². The van der Waals surface area contributed by atoms with Crippen LogP contribution < -0.4 is 5.32 Å². The van der Waals surface area contributed by atoms with Crippen LogP contribution in [0.25, 0.3) is 0 Å². The Morgan fingerprint density at radius 1 is 1.30 bits per heavy atom. The third-order valence-corrected chi connectivity index (χ3v) is 3.79. The van der Waals surface area contributed by atoms with Crippen LogP contribution in [0.5, 0.6) is 0 Å². The molecule has 0 aromatic rings. The molecule has 20 heavy (non-hydrogen) atoms. The highest BCUT2D eigenvalue weighted by Gasteiger charge is 2.36. The van der Waals surface area contributed by atoms with Gasteiger partial charge in [0.25, 0.3) is 0 Å². The molecule has 1 rings (SSSR count). The zero-order valence-electron chi connectivity index (χ0n) is 12.8. The Hall–Kier alpha value is -1.30. The SMILES string of the molecule is CN(CC1(O)CCCC1)C(=O)N[C@@H](C(=O)O)C(C)(C)C. The minimum Gasteiger partial charge on any atom is -0.480 e. The van der Waals surface area contributed by atoms with Crippen LogP contribution in [0.1, 0.15) is 46.5 Å². The van der Waals surface area contributed by atoms with E-state index in [-0.39, 0.29) is 6.54 Å². The summed E-state index contributed by atoms with van der Waals surface area (Å²) in [4.78, 5) is 24.7. The molecule has 6 nitrogen and oxygen atoms in total. The molecule has 0 heterocycles. The highest BCUT2D eigenvalue weighted by atomic mass is 16.4. The van der Waals surface area contributed by atoms with Gasteiger partial charge < -0.3 is 20.4 Å². The number of aliphatic carboxylic acids is 1. The van der Waals surface area contributed by atoms with E-state index in [0.29, 0.717) is 12.8 Å². The van der Waals surface area contributed by atoms with Gasteiger partial charge in [0.05, 0.1) is 12.1 Å². The first-order chi connectivity index (χ1) is 9.05. The largest absolute Gasteiger partial charge is 0.480 e. The summed E-state index contributed by atoms with van der Waals surface area (Å²) in [5.74, 6) is -1.06. The highest BCUT2D eigenvalue weighted by molar-refractivity contribution is 5.83. The van der Waals surface area contributed by atoms with Gasteiger partial charge in [-0.1, -0.05) is 33.6 Å². The number of nitrogens with zero attached hydrogens (tertiary/aromatic N) is 1. The molecule has 0 aromatic heterocycles. The lowest BCUT2D eigenvalue weighted by Gasteiger charge is -2.32. The number of aliphatic hydroxyl groups is 1. The van der Waals surface area contributed by atoms with Crippen molar-refractivity contribution in [3.8, 4) is 0 Å². The summed E-state index contributed by atoms with van der Waals surface area (Å²) in [6, 6.07) is -1.43. The van der Waals surface area contributed by atoms with Gasteiger partial charge in [0.15, 0.2) is 0 Å². The van der Waals surface area contributed by atoms with Gasteiger partial charge in [-0.05, 0) is 18.3 Å². The van der Waals surface area contributed by atoms with Crippen molar-refractivity contribution >= 4 is 12.0 Å². The predicted molar refractivity (Wildman–Crippen MR) is 75.5 cm³/mol. The Bertz CT molecular complexity index is 370. The minimum absolute atomic E-state index is 0.231. The number of nitrogens with one attached hydrogen (secondary N) is 1. The number of carbonyl (C=O) groups excluding carboxylic acids is 1. The van der Waals surface area contributed by atoms with E-state index >= 15 is 0 Å². The first kappa shape index (κ1) is 16.8. The first-order valence-electron chi connectivity index (χ1n) is 7.02. The number of urea groups is 1. The predicted octanol–water partition coefficient (Wildman–Crippen LogP) is 1.43. The molecule has 0 saturated heterocycles. The molecule has 0 spiro atoms. The average molecular weight is 286 g/mol. The van der Waals surface area contributed by atoms with E-state index < -0.39 is 29.1 Å². The summed E-state index contributed by atoms with van der Waals surface area (Å²) in [6.07, 6.45) is 3.30. The third-order valence-electron chi connectivity index (χ3n) is 3.79. The van der Waals surface area contributed by atoms with Crippen LogP contribution in [0.4, 0.5) is 4.79 Å². The summed E-state index contributed by atoms with van der Waals surface area (Å²) < 4.78 is 0. The van der Waals surface area contributed by atoms with E-state index in [4.69, 9.17) is 0 Å². The van der Waals surface area contributed by atoms with Crippen molar-refractivity contribution in [3.63, 3.8) is 0 Å². The van der Waals surface area contributed by atoms with Gasteiger partial charge in [-0.25, -0.2) is 9.59 Å². The Morgan fingerprint density at radius 3 is 2.20 bits per heavy atom. The lowest BCUT2D eigenvalue weighted by atomic mass is 9.87. The zero-order chi connectivity index (χ0) is 15.6. The summed E-state index contributed by atoms with van der Waals surface area (Å²) in [7, 11) is 1.58. The topological polar surface area (TPSA) is 89.9 Å². The molecule has 3 N–H and O–H groups in total. The van der Waals surface area contributed by atoms with Crippen LogP contribution in [0.3, 0.4) is 0 Å². The lowest BCUT2D eigenvalue weighted by molar-refractivity contribution is -0.142. The number of amides is 2. The van der Waals surface area contributed by atoms with Gasteiger partial charge in [-0.15, -0.1) is 0 Å². The summed E-state index contributed by atoms with van der Waals surface area (Å²) in [5.41, 5.74) is -1.40. The number of likely N-dealkylation sites (N-methyl/N-ethyl adjacent to an activating group) is 1. The van der Waals surface area contributed by atoms with E-state index in [9.17, 15) is 19.8 Å². The second-order valence-electron chi connectivity index (χ2n) is 6.87. The van der Waals surface area contributed by atoms with E-state index in [2.05, 4.69) is 5.32 Å². The highest BCUT2D eigenvalue weighted by Crippen LogP contribution is 2.30. The second-order valence-corrected chi connectivity index (χ2v) is 6.87. The van der Waals surface area contributed by atoms with E-state index in [1.165, 1.54) is 4.90 Å². The molecule has 1 aliphatic rings. The molecule has 116 valence electrons. The number of carboxylic acids is 1. The first-order valence-corrected chi connectivity index (χ1v) is 7.02. The van der Waals surface area contributed by atoms with Gasteiger partial charge in [0.2, 0.25) is 0 Å². The number of hydrogen-bond donors (Lipinski definition) is 3. The molecular formula is C14H26N2O4. The molecule has 1 aliphatic carbocycles. The van der Waals surface area contributed by atoms with Crippen molar-refractivity contribution in [2.24, 2.45) is 5.41 Å². The van der Waals surface area contributed by atoms with Crippen LogP contribution >= 0.6 is 0 Å². The second kappa shape index (κ2) is 5.99. The quantitative estimate of drug-likeness (QED) is 0.729. The maximum Gasteiger partial charge on any atom is 0.326 e. The Balaban J connectivity index is 2.62. The molecule has 1 fully saturated rings. The molecular weight excluding hydrogens is 260 g/mol. The Morgan fingerprint density at radius 2 is 1.80 bits per heavy atom. The Kier molecular flexibility index (Phi) is 5.02. The van der Waals surface area contributed by atoms with Gasteiger partial charge in [0.1, 0.15) is 6.04 Å². The lowest BCUT2D eigenvalue weighted by Crippen LogP contribution is -2.54. The average Bonchev–Trinajstić information content (AvgIpc) is 2.70. The fraction of sp³-hybridized carbons (Fsp3) is 0.857. The van der Waals surface area contributed by atoms with Gasteiger partial charge in [-0.2, -0.15) is 0 Å². The standard InChI is InChI=1S/C14H26N2O4/c1-13(2,3)10(11(17)18)15-12(19)16(4)9-14(20)7-5-6-8-14/h10,20H,5-9H2,1-4H3,(H,15,19)(H,17,18)/t10-/m0/s1. The molecule has 0 aromatic carbocycles. The van der Waals surface area contributed by atoms with Crippen molar-refractivity contribution in [1.29, 1.82) is 0 Å². The van der Waals surface area contributed by atoms with Crippen LogP contribution in [-0.2, 0) is 4.79 Å². The number of carbonyl (C=O) groups is 2. The van der Waals surface area contributed by atoms with Crippen molar-refractivity contribution in [2.75, 3.05) is 13.6 Å². The van der Waals surface area contributed by atoms with Crippen LogP contribution in [0.15, 0.2) is 0 Å². The smallest absolute Gasteiger partial charge is 0.326 e. The normalized spacial score (nSPS) is 19.4. The van der Waals surface area contributed by atoms with Crippen LogP contribution in [0.2, 0.25) is 0 Å². The summed E-state index contributed by atoms with van der Waals surface area (Å²) in [6.45, 7) is 5.51. The van der Waals surface area contributed by atoms with Gasteiger partial charge in [-0.3, -0.25) is 0 Å². The molecule has 0 unspecified atom stereocenters. The van der Waals surface area contributed by atoms with E-state index in [1.807, 2.05) is 0 Å². The fourth-order valence-corrected chi connectivity index (χ4v) is 2.59. The molecule has 1 saturated carbocycles. The summed E-state index contributed by atoms with van der Waals surface area (Å²) >= 11 is 0. The monoisotopic (exact) mass is 286 g/mol. The maximum atomic E-state index is 12.1. The fourth-order valence-electron chi connectivity index (χ4n) is 2.59. The van der Waals surface area contributed by atoms with Crippen molar-refractivity contribution in [1.82, 2.24) is 10.2 Å². The van der Waals surface area contributed by atoms with Gasteiger partial charge in [0, 0.05) is 7.05 Å². The number of hydrogen-bond acceptors (Lipinski definition) is 3. The molecule has 2 amide bonds. The summed E-state index contributed by atoms with van der Waals surface area (Å²) in [5, 5.41) is 22.0. The molecule has 0 aliphatic heterocycles. The van der Waals surface area contributed by atoms with E-state index in [0.717, 1.165) is 12.8 Å². The van der Waals surface area contributed by atoms with E-state index in [1.54, 1.807) is 27.8 Å². The molecule has 6 heteroatoms. The molecule has 0 bridgehead atoms. The zero-order valence-corrected chi connectivity index (χ0v) is 12.8. The minimum atomic E-state index is -1.06. The number of carboxylic acid groups (broad SMARTS) is 1. The van der Waals surface area contributed by atoms with Crippen molar-refractivity contribution < 1.29 is 19.8 Å². The molecule has 1 atom stereocenters. The van der Waals surface area contributed by atoms with Crippen molar-refractivity contribution in [3.05, 3.63) is 0 Å². The maximum absolute atomic E-state index is 12.1. The van der Waals surface area contributed by atoms with Crippen molar-refractivity contribution in [2.45, 2.75) is 58.1 Å². The Labute approximate surface area is 120 Å². The van der Waals surface area contributed by atoms with Gasteiger partial charge >= 0.3 is 12.0 Å². The number of rotatable bonds is 4. The van der Waals surface area contributed by atoms with Crippen LogP contribution in [-0.4, -0.2) is 52.3 Å². The third kappa shape index (κ3) is 4.37.